The molecule has 0 spiro atoms. The Hall–Kier alpha value is -0.850. The molecular weight excluding hydrogens is 224 g/mol. The van der Waals surface area contributed by atoms with E-state index in [0.29, 0.717) is 6.61 Å². The largest absolute Gasteiger partial charge is 0.449 e. The monoisotopic (exact) mass is 246 g/mol. The van der Waals surface area contributed by atoms with Crippen LogP contribution in [0.3, 0.4) is 0 Å². The number of hydrogen-bond donors (Lipinski definition) is 1. The maximum absolute atomic E-state index is 11.4. The minimum atomic E-state index is -0.518. The summed E-state index contributed by atoms with van der Waals surface area (Å²) in [6, 6.07) is 0.127. The Labute approximate surface area is 102 Å². The first-order chi connectivity index (χ1) is 8.08. The lowest BCUT2D eigenvalue weighted by atomic mass is 10.2. The lowest BCUT2D eigenvalue weighted by Crippen LogP contribution is -2.60. The summed E-state index contributed by atoms with van der Waals surface area (Å²) in [6.07, 6.45) is 0.729. The molecule has 0 saturated carbocycles. The van der Waals surface area contributed by atoms with E-state index in [9.17, 15) is 4.79 Å². The van der Waals surface area contributed by atoms with Crippen molar-refractivity contribution < 1.29 is 19.0 Å². The third-order valence-corrected chi connectivity index (χ3v) is 2.52. The summed E-state index contributed by atoms with van der Waals surface area (Å²) in [6.45, 7) is 8.00. The quantitative estimate of drug-likeness (QED) is 0.724. The maximum Gasteiger partial charge on any atom is 0.421 e. The molecule has 1 amide bonds. The minimum absolute atomic E-state index is 0.127. The predicted molar refractivity (Wildman–Crippen MR) is 61.8 cm³/mol. The van der Waals surface area contributed by atoms with Crippen LogP contribution >= 0.6 is 0 Å². The summed E-state index contributed by atoms with van der Waals surface area (Å²) in [5, 5.41) is 1.65. The van der Waals surface area contributed by atoms with Crippen molar-refractivity contribution in [3.05, 3.63) is 0 Å². The van der Waals surface area contributed by atoms with Crippen molar-refractivity contribution in [3.63, 3.8) is 0 Å². The number of carbonyl (C=O) groups is 1. The molecule has 0 aromatic carbocycles. The molecule has 1 N–H and O–H groups in total. The fraction of sp³-hybridized carbons (Fsp3) is 0.909. The fourth-order valence-corrected chi connectivity index (χ4v) is 1.67. The summed E-state index contributed by atoms with van der Waals surface area (Å²) in [4.78, 5) is 11.4. The van der Waals surface area contributed by atoms with Gasteiger partial charge in [-0.3, -0.25) is 0 Å². The zero-order valence-corrected chi connectivity index (χ0v) is 10.9. The Balaban J connectivity index is 2.49. The highest BCUT2D eigenvalue weighted by atomic mass is 16.9. The molecule has 1 atom stereocenters. The van der Waals surface area contributed by atoms with Gasteiger partial charge in [-0.05, 0) is 27.2 Å². The average molecular weight is 246 g/mol. The fourth-order valence-electron chi connectivity index (χ4n) is 1.67. The summed E-state index contributed by atoms with van der Waals surface area (Å²) in [7, 11) is 0. The van der Waals surface area contributed by atoms with Crippen molar-refractivity contribution in [3.8, 4) is 0 Å². The Bertz CT molecular complexity index is 239. The van der Waals surface area contributed by atoms with Gasteiger partial charge in [0.2, 0.25) is 6.41 Å². The van der Waals surface area contributed by atoms with E-state index < -0.39 is 12.5 Å². The first-order valence-corrected chi connectivity index (χ1v) is 6.11. The van der Waals surface area contributed by atoms with Crippen LogP contribution in [0.2, 0.25) is 0 Å². The summed E-state index contributed by atoms with van der Waals surface area (Å²) in [5.74, 6) is 0. The van der Waals surface area contributed by atoms with Gasteiger partial charge in [-0.15, -0.1) is 0 Å². The molecule has 0 aromatic heterocycles. The standard InChI is InChI=1S/C11H22N2O4/c1-5-7-8(3)13(11-16-9(4)17-11)12-10(14)15-6-2/h8-9,11H,5-7H2,1-4H3,(H,12,14). The van der Waals surface area contributed by atoms with Crippen LogP contribution in [0.15, 0.2) is 0 Å². The topological polar surface area (TPSA) is 60.0 Å². The lowest BCUT2D eigenvalue weighted by molar-refractivity contribution is -0.432. The Kier molecular flexibility index (Phi) is 5.67. The van der Waals surface area contributed by atoms with Gasteiger partial charge in [0.1, 0.15) is 0 Å². The van der Waals surface area contributed by atoms with Crippen LogP contribution in [0, 0.1) is 0 Å². The van der Waals surface area contributed by atoms with E-state index in [2.05, 4.69) is 12.3 Å². The molecule has 1 fully saturated rings. The first-order valence-electron chi connectivity index (χ1n) is 6.11. The number of nitrogens with one attached hydrogen (secondary N) is 1. The highest BCUT2D eigenvalue weighted by molar-refractivity contribution is 5.66. The molecule has 0 aliphatic carbocycles. The summed E-state index contributed by atoms with van der Waals surface area (Å²) < 4.78 is 15.6. The second-order valence-corrected chi connectivity index (χ2v) is 4.02. The number of rotatable bonds is 6. The van der Waals surface area contributed by atoms with Gasteiger partial charge in [0.05, 0.1) is 6.61 Å². The molecule has 1 aliphatic heterocycles. The van der Waals surface area contributed by atoms with E-state index in [4.69, 9.17) is 14.2 Å². The highest BCUT2D eigenvalue weighted by Gasteiger charge is 2.36. The van der Waals surface area contributed by atoms with Crippen LogP contribution in [0.1, 0.15) is 40.5 Å². The third-order valence-electron chi connectivity index (χ3n) is 2.52. The van der Waals surface area contributed by atoms with E-state index >= 15 is 0 Å². The SMILES string of the molecule is CCCC(C)N(NC(=O)OCC)C1OC(C)O1. The third kappa shape index (κ3) is 4.14. The van der Waals surface area contributed by atoms with Crippen molar-refractivity contribution in [1.29, 1.82) is 0 Å². The second kappa shape index (κ2) is 6.78. The molecule has 17 heavy (non-hydrogen) atoms. The molecule has 1 rings (SSSR count). The van der Waals surface area contributed by atoms with E-state index in [1.54, 1.807) is 11.9 Å². The zero-order chi connectivity index (χ0) is 12.8. The van der Waals surface area contributed by atoms with Crippen molar-refractivity contribution in [2.75, 3.05) is 6.61 Å². The lowest BCUT2D eigenvalue weighted by Gasteiger charge is -2.43. The predicted octanol–water partition coefficient (Wildman–Crippen LogP) is 1.81. The number of hydrazine groups is 1. The number of nitrogens with zero attached hydrogens (tertiary/aromatic N) is 1. The number of ether oxygens (including phenoxy) is 3. The van der Waals surface area contributed by atoms with Crippen LogP contribution in [-0.2, 0) is 14.2 Å². The average Bonchev–Trinajstić information content (AvgIpc) is 2.22. The smallest absolute Gasteiger partial charge is 0.421 e. The van der Waals surface area contributed by atoms with Crippen LogP contribution in [-0.4, -0.2) is 36.5 Å². The van der Waals surface area contributed by atoms with Gasteiger partial charge >= 0.3 is 6.09 Å². The van der Waals surface area contributed by atoms with Crippen LogP contribution in [0.25, 0.3) is 0 Å². The molecule has 0 radical (unpaired) electrons. The number of amides is 1. The van der Waals surface area contributed by atoms with Gasteiger partial charge in [-0.2, -0.15) is 5.01 Å². The van der Waals surface area contributed by atoms with Crippen molar-refractivity contribution in [2.24, 2.45) is 0 Å². The molecule has 1 unspecified atom stereocenters. The first kappa shape index (κ1) is 14.2. The van der Waals surface area contributed by atoms with E-state index in [1.165, 1.54) is 0 Å². The van der Waals surface area contributed by atoms with Crippen LogP contribution in [0.5, 0.6) is 0 Å². The molecule has 1 saturated heterocycles. The molecular formula is C11H22N2O4. The van der Waals surface area contributed by atoms with Gasteiger partial charge < -0.3 is 14.2 Å². The van der Waals surface area contributed by atoms with Crippen molar-refractivity contribution >= 4 is 6.09 Å². The molecule has 6 heteroatoms. The summed E-state index contributed by atoms with van der Waals surface area (Å²) in [5.41, 5.74) is 2.65. The molecule has 6 nitrogen and oxygen atoms in total. The Morgan fingerprint density at radius 3 is 2.59 bits per heavy atom. The molecule has 1 heterocycles. The van der Waals surface area contributed by atoms with Gasteiger partial charge in [-0.1, -0.05) is 13.3 Å². The molecule has 0 aromatic rings. The molecule has 100 valence electrons. The van der Waals surface area contributed by atoms with Gasteiger partial charge in [-0.25, -0.2) is 10.2 Å². The van der Waals surface area contributed by atoms with Gasteiger partial charge in [0.15, 0.2) is 6.29 Å². The Morgan fingerprint density at radius 1 is 1.47 bits per heavy atom. The van der Waals surface area contributed by atoms with Gasteiger partial charge in [0, 0.05) is 6.04 Å². The Morgan fingerprint density at radius 2 is 2.12 bits per heavy atom. The van der Waals surface area contributed by atoms with E-state index in [1.807, 2.05) is 13.8 Å². The van der Waals surface area contributed by atoms with Crippen LogP contribution < -0.4 is 5.43 Å². The molecule has 1 aliphatic rings. The molecule has 0 bridgehead atoms. The maximum atomic E-state index is 11.4. The van der Waals surface area contributed by atoms with Crippen molar-refractivity contribution in [1.82, 2.24) is 10.4 Å². The minimum Gasteiger partial charge on any atom is -0.449 e. The zero-order valence-electron chi connectivity index (χ0n) is 10.9. The highest BCUT2D eigenvalue weighted by Crippen LogP contribution is 2.21. The number of carbonyl (C=O) groups excluding carboxylic acids is 1. The van der Waals surface area contributed by atoms with E-state index in [-0.39, 0.29) is 12.3 Å². The second-order valence-electron chi connectivity index (χ2n) is 4.02. The number of hydrogen-bond acceptors (Lipinski definition) is 5. The summed E-state index contributed by atoms with van der Waals surface area (Å²) >= 11 is 0. The van der Waals surface area contributed by atoms with Gasteiger partial charge in [0.25, 0.3) is 0 Å². The van der Waals surface area contributed by atoms with E-state index in [0.717, 1.165) is 12.8 Å². The van der Waals surface area contributed by atoms with Crippen LogP contribution in [0.4, 0.5) is 4.79 Å². The normalized spacial score (nSPS) is 25.2. The van der Waals surface area contributed by atoms with Crippen molar-refractivity contribution in [2.45, 2.75) is 59.3 Å².